The van der Waals surface area contributed by atoms with Gasteiger partial charge in [0.25, 0.3) is 0 Å². The molecule has 4 nitrogen and oxygen atoms in total. The molecule has 0 unspecified atom stereocenters. The fraction of sp³-hybridized carbons (Fsp3) is 0.500. The van der Waals surface area contributed by atoms with E-state index in [1.54, 1.807) is 0 Å². The summed E-state index contributed by atoms with van der Waals surface area (Å²) in [6.45, 7) is 6.09. The van der Waals surface area contributed by atoms with Gasteiger partial charge in [-0.2, -0.15) is 0 Å². The van der Waals surface area contributed by atoms with Gasteiger partial charge in [-0.1, -0.05) is 24.6 Å². The third-order valence-corrected chi connectivity index (χ3v) is 3.50. The zero-order chi connectivity index (χ0) is 13.7. The van der Waals surface area contributed by atoms with Crippen molar-refractivity contribution in [2.45, 2.75) is 19.9 Å². The summed E-state index contributed by atoms with van der Waals surface area (Å²) in [5, 5.41) is 6.96. The minimum atomic E-state index is 0.123. The lowest BCUT2D eigenvalue weighted by molar-refractivity contribution is -0.120. The first kappa shape index (κ1) is 14.2. The molecule has 1 aliphatic heterocycles. The Kier molecular flexibility index (Phi) is 5.05. The number of anilines is 1. The third kappa shape index (κ3) is 3.85. The van der Waals surface area contributed by atoms with Crippen molar-refractivity contribution < 1.29 is 4.79 Å². The molecule has 0 atom stereocenters. The van der Waals surface area contributed by atoms with Crippen LogP contribution < -0.4 is 15.5 Å². The highest BCUT2D eigenvalue weighted by Gasteiger charge is 2.16. The summed E-state index contributed by atoms with van der Waals surface area (Å²) in [7, 11) is 0. The van der Waals surface area contributed by atoms with Crippen LogP contribution in [0.15, 0.2) is 18.2 Å². The number of carbonyl (C=O) groups is 1. The smallest absolute Gasteiger partial charge is 0.221 e. The number of nitrogens with one attached hydrogen (secondary N) is 2. The highest BCUT2D eigenvalue weighted by Crippen LogP contribution is 2.25. The van der Waals surface area contributed by atoms with Crippen molar-refractivity contribution in [2.75, 3.05) is 31.1 Å². The number of nitrogens with zero attached hydrogens (tertiary/aromatic N) is 1. The summed E-state index contributed by atoms with van der Waals surface area (Å²) in [5.74, 6) is 0.123. The van der Waals surface area contributed by atoms with Crippen molar-refractivity contribution in [2.24, 2.45) is 0 Å². The molecule has 1 heterocycles. The molecule has 1 amide bonds. The molecule has 0 saturated carbocycles. The van der Waals surface area contributed by atoms with E-state index in [1.165, 1.54) is 5.56 Å². The molecule has 104 valence electrons. The highest BCUT2D eigenvalue weighted by atomic mass is 35.5. The van der Waals surface area contributed by atoms with Crippen molar-refractivity contribution in [1.29, 1.82) is 0 Å². The van der Waals surface area contributed by atoms with Gasteiger partial charge in [-0.15, -0.1) is 0 Å². The Balaban J connectivity index is 2.20. The maximum atomic E-state index is 11.4. The van der Waals surface area contributed by atoms with Crippen molar-refractivity contribution in [3.8, 4) is 0 Å². The molecule has 0 aromatic heterocycles. The predicted molar refractivity (Wildman–Crippen MR) is 78.7 cm³/mol. The molecule has 1 saturated heterocycles. The maximum Gasteiger partial charge on any atom is 0.221 e. The lowest BCUT2D eigenvalue weighted by Gasteiger charge is -2.25. The van der Waals surface area contributed by atoms with Crippen LogP contribution in [-0.4, -0.2) is 32.1 Å². The Labute approximate surface area is 119 Å². The Morgan fingerprint density at radius 2 is 2.26 bits per heavy atom. The lowest BCUT2D eigenvalue weighted by atomic mass is 10.1. The van der Waals surface area contributed by atoms with Gasteiger partial charge in [0.1, 0.15) is 0 Å². The van der Waals surface area contributed by atoms with Crippen molar-refractivity contribution >= 4 is 23.2 Å². The first-order valence-electron chi connectivity index (χ1n) is 6.71. The Bertz CT molecular complexity index is 450. The quantitative estimate of drug-likeness (QED) is 0.884. The van der Waals surface area contributed by atoms with Crippen LogP contribution in [0, 0.1) is 0 Å². The monoisotopic (exact) mass is 281 g/mol. The summed E-state index contributed by atoms with van der Waals surface area (Å²) in [5.41, 5.74) is 2.35. The largest absolute Gasteiger partial charge is 0.369 e. The minimum absolute atomic E-state index is 0.123. The number of hydrogen-bond acceptors (Lipinski definition) is 3. The summed E-state index contributed by atoms with van der Waals surface area (Å²) in [6, 6.07) is 5.96. The minimum Gasteiger partial charge on any atom is -0.369 e. The number of benzene rings is 1. The first-order valence-corrected chi connectivity index (χ1v) is 7.09. The van der Waals surface area contributed by atoms with E-state index in [4.69, 9.17) is 11.6 Å². The number of hydrogen-bond donors (Lipinski definition) is 2. The number of halogens is 1. The molecule has 0 radical (unpaired) electrons. The molecular formula is C14H20ClN3O. The molecule has 19 heavy (non-hydrogen) atoms. The molecule has 5 heteroatoms. The normalized spacial score (nSPS) is 16.1. The second kappa shape index (κ2) is 6.78. The average molecular weight is 282 g/mol. The van der Waals surface area contributed by atoms with Crippen LogP contribution in [0.1, 0.15) is 18.9 Å². The van der Waals surface area contributed by atoms with Crippen molar-refractivity contribution in [1.82, 2.24) is 10.6 Å². The zero-order valence-corrected chi connectivity index (χ0v) is 12.0. The van der Waals surface area contributed by atoms with Crippen molar-refractivity contribution in [3.05, 3.63) is 28.8 Å². The lowest BCUT2D eigenvalue weighted by Crippen LogP contribution is -2.29. The SMILES string of the molecule is CCNCc1ccc(Cl)cc1N1CCNC(=O)CC1. The maximum absolute atomic E-state index is 11.4. The second-order valence-electron chi connectivity index (χ2n) is 4.64. The predicted octanol–water partition coefficient (Wildman–Crippen LogP) is 1.78. The van der Waals surface area contributed by atoms with Crippen LogP contribution in [0.5, 0.6) is 0 Å². The third-order valence-electron chi connectivity index (χ3n) is 3.27. The Morgan fingerprint density at radius 1 is 1.42 bits per heavy atom. The van der Waals surface area contributed by atoms with Crippen LogP contribution in [0.2, 0.25) is 5.02 Å². The molecular weight excluding hydrogens is 262 g/mol. The van der Waals surface area contributed by atoms with Crippen molar-refractivity contribution in [3.63, 3.8) is 0 Å². The van der Waals surface area contributed by atoms with E-state index >= 15 is 0 Å². The standard InChI is InChI=1S/C14H20ClN3O/c1-2-16-10-11-3-4-12(15)9-13(11)18-7-5-14(19)17-6-8-18/h3-4,9,16H,2,5-8,10H2,1H3,(H,17,19). The topological polar surface area (TPSA) is 44.4 Å². The fourth-order valence-electron chi connectivity index (χ4n) is 2.25. The van der Waals surface area contributed by atoms with Crippen LogP contribution >= 0.6 is 11.6 Å². The van der Waals surface area contributed by atoms with E-state index in [0.29, 0.717) is 13.0 Å². The van der Waals surface area contributed by atoms with Gasteiger partial charge in [-0.3, -0.25) is 4.79 Å². The molecule has 1 aromatic rings. The second-order valence-corrected chi connectivity index (χ2v) is 5.08. The average Bonchev–Trinajstić information content (AvgIpc) is 2.62. The molecule has 0 bridgehead atoms. The molecule has 1 aliphatic rings. The Hall–Kier alpha value is -1.26. The van der Waals surface area contributed by atoms with Crippen LogP contribution in [-0.2, 0) is 11.3 Å². The zero-order valence-electron chi connectivity index (χ0n) is 11.2. The number of amides is 1. The van der Waals surface area contributed by atoms with E-state index in [2.05, 4.69) is 28.5 Å². The van der Waals surface area contributed by atoms with Gasteiger partial charge >= 0.3 is 0 Å². The number of carbonyl (C=O) groups excluding carboxylic acids is 1. The van der Waals surface area contributed by atoms with Crippen LogP contribution in [0.25, 0.3) is 0 Å². The van der Waals surface area contributed by atoms with E-state index in [0.717, 1.165) is 36.9 Å². The van der Waals surface area contributed by atoms with Gasteiger partial charge in [0.2, 0.25) is 5.91 Å². The summed E-state index contributed by atoms with van der Waals surface area (Å²) in [4.78, 5) is 13.6. The molecule has 2 rings (SSSR count). The van der Waals surface area contributed by atoms with Crippen LogP contribution in [0.4, 0.5) is 5.69 Å². The van der Waals surface area contributed by atoms with Gasteiger partial charge in [0.15, 0.2) is 0 Å². The van der Waals surface area contributed by atoms with E-state index in [9.17, 15) is 4.79 Å². The van der Waals surface area contributed by atoms with Gasteiger partial charge in [0, 0.05) is 43.3 Å². The molecule has 1 aromatic carbocycles. The molecule has 0 aliphatic carbocycles. The molecule has 2 N–H and O–H groups in total. The van der Waals surface area contributed by atoms with E-state index in [1.807, 2.05) is 12.1 Å². The number of rotatable bonds is 4. The van der Waals surface area contributed by atoms with Crippen LogP contribution in [0.3, 0.4) is 0 Å². The first-order chi connectivity index (χ1) is 9.20. The van der Waals surface area contributed by atoms with Gasteiger partial charge < -0.3 is 15.5 Å². The Morgan fingerprint density at radius 3 is 3.05 bits per heavy atom. The summed E-state index contributed by atoms with van der Waals surface area (Å²) in [6.07, 6.45) is 0.535. The fourth-order valence-corrected chi connectivity index (χ4v) is 2.41. The van der Waals surface area contributed by atoms with Gasteiger partial charge in [-0.25, -0.2) is 0 Å². The molecule has 0 spiro atoms. The highest BCUT2D eigenvalue weighted by molar-refractivity contribution is 6.30. The van der Waals surface area contributed by atoms with E-state index in [-0.39, 0.29) is 5.91 Å². The van der Waals surface area contributed by atoms with E-state index < -0.39 is 0 Å². The van der Waals surface area contributed by atoms with Gasteiger partial charge in [0.05, 0.1) is 0 Å². The summed E-state index contributed by atoms with van der Waals surface area (Å²) < 4.78 is 0. The summed E-state index contributed by atoms with van der Waals surface area (Å²) >= 11 is 6.11. The van der Waals surface area contributed by atoms with Gasteiger partial charge in [-0.05, 0) is 24.2 Å². The molecule has 1 fully saturated rings.